The summed E-state index contributed by atoms with van der Waals surface area (Å²) in [5, 5.41) is 0. The van der Waals surface area contributed by atoms with Crippen LogP contribution in [0.5, 0.6) is 0 Å². The molecule has 26 valence electrons. The Morgan fingerprint density at radius 3 is 1.33 bits per heavy atom. The van der Waals surface area contributed by atoms with Crippen molar-refractivity contribution in [1.29, 1.82) is 0 Å². The Kier molecular flexibility index (Phi) is 25.4. The van der Waals surface area contributed by atoms with Gasteiger partial charge in [-0.15, -0.1) is 0 Å². The third-order valence-electron chi connectivity index (χ3n) is 0. The Hall–Kier alpha value is 1.54. The van der Waals surface area contributed by atoms with E-state index in [1.54, 1.807) is 0 Å². The van der Waals surface area contributed by atoms with Crippen molar-refractivity contribution in [3.63, 3.8) is 0 Å². The molecule has 0 saturated carbocycles. The first-order chi connectivity index (χ1) is 1.73. The second-order valence-corrected chi connectivity index (χ2v) is 0.671. The van der Waals surface area contributed by atoms with Gasteiger partial charge in [-0.1, -0.05) is 4.57 Å². The fraction of sp³-hybridized carbons (Fsp3) is 0. The molecule has 3 nitrogen and oxygen atoms in total. The SMILES string of the molecule is O=[P+]([O-])[O-].[Li+].[Tl+]. The first-order valence-corrected chi connectivity index (χ1v) is 1.64. The number of hydrogen-bond donors (Lipinski definition) is 0. The van der Waals surface area contributed by atoms with E-state index in [4.69, 9.17) is 14.4 Å². The van der Waals surface area contributed by atoms with Gasteiger partial charge in [0.25, 0.3) is 8.25 Å². The normalized spacial score (nSPS) is 4.33. The van der Waals surface area contributed by atoms with Crippen molar-refractivity contribution in [3.8, 4) is 0 Å². The van der Waals surface area contributed by atoms with E-state index >= 15 is 0 Å². The molecule has 0 unspecified atom stereocenters. The van der Waals surface area contributed by atoms with Gasteiger partial charge in [0.2, 0.25) is 0 Å². The van der Waals surface area contributed by atoms with Crippen molar-refractivity contribution in [2.75, 3.05) is 0 Å². The maximum absolute atomic E-state index is 8.48. The van der Waals surface area contributed by atoms with E-state index in [0.717, 1.165) is 0 Å². The van der Waals surface area contributed by atoms with Gasteiger partial charge in [-0.3, -0.25) is 0 Å². The molecule has 0 fully saturated rings. The molecule has 0 aromatic rings. The molecule has 0 heterocycles. The zero-order valence-corrected chi connectivity index (χ0v) is 8.63. The molecule has 0 aliphatic carbocycles. The van der Waals surface area contributed by atoms with Crippen LogP contribution in [0.2, 0.25) is 0 Å². The molecule has 0 aromatic carbocycles. The van der Waals surface area contributed by atoms with Crippen LogP contribution in [0.15, 0.2) is 0 Å². The maximum atomic E-state index is 8.48. The predicted molar refractivity (Wildman–Crippen MR) is 13.4 cm³/mol. The van der Waals surface area contributed by atoms with Gasteiger partial charge < -0.3 is 9.79 Å². The Bertz CT molecular complexity index is 33.8. The summed E-state index contributed by atoms with van der Waals surface area (Å²) < 4.78 is 8.48. The van der Waals surface area contributed by atoms with Crippen LogP contribution in [-0.2, 0) is 4.57 Å². The van der Waals surface area contributed by atoms with Gasteiger partial charge >= 0.3 is 46.2 Å². The van der Waals surface area contributed by atoms with Crippen molar-refractivity contribution in [1.82, 2.24) is 0 Å². The van der Waals surface area contributed by atoms with E-state index in [1.807, 2.05) is 0 Å². The molecular weight excluding hydrogens is 290 g/mol. The summed E-state index contributed by atoms with van der Waals surface area (Å²) in [4.78, 5) is 17.0. The van der Waals surface area contributed by atoms with Crippen LogP contribution in [0.4, 0.5) is 0 Å². The third kappa shape index (κ3) is 48.2. The summed E-state index contributed by atoms with van der Waals surface area (Å²) in [5.74, 6) is 0. The molecule has 0 aliphatic heterocycles. The third-order valence-corrected chi connectivity index (χ3v) is 0. The average Bonchev–Trinajstić information content (AvgIpc) is 0.811. The monoisotopic (exact) mass is 291 g/mol. The minimum absolute atomic E-state index is 0. The molecule has 0 bridgehead atoms. The largest absolute Gasteiger partial charge is 1.00 e. The molecule has 0 amide bonds. The molecular formula is LiO3PTl+. The Morgan fingerprint density at radius 1 is 1.33 bits per heavy atom. The van der Waals surface area contributed by atoms with Crippen molar-refractivity contribution < 1.29 is 33.2 Å². The van der Waals surface area contributed by atoms with E-state index in [-0.39, 0.29) is 46.2 Å². The van der Waals surface area contributed by atoms with Gasteiger partial charge in [-0.2, -0.15) is 0 Å². The van der Waals surface area contributed by atoms with Crippen molar-refractivity contribution in [2.24, 2.45) is 0 Å². The van der Waals surface area contributed by atoms with Crippen molar-refractivity contribution in [2.45, 2.75) is 0 Å². The molecule has 0 aromatic heterocycles. The van der Waals surface area contributed by atoms with Crippen molar-refractivity contribution >= 4 is 35.6 Å². The summed E-state index contributed by atoms with van der Waals surface area (Å²) in [6.45, 7) is 0. The molecule has 0 N–H and O–H groups in total. The smallest absolute Gasteiger partial charge is 0.598 e. The van der Waals surface area contributed by atoms with Crippen LogP contribution >= 0.6 is 8.25 Å². The van der Waals surface area contributed by atoms with Gasteiger partial charge in [0.1, 0.15) is 0 Å². The van der Waals surface area contributed by atoms with Crippen LogP contribution in [0.3, 0.4) is 0 Å². The van der Waals surface area contributed by atoms with E-state index < -0.39 is 8.25 Å². The Morgan fingerprint density at radius 2 is 1.33 bits per heavy atom. The Balaban J connectivity index is -0.0000000450. The van der Waals surface area contributed by atoms with Crippen LogP contribution in [0.1, 0.15) is 0 Å². The summed E-state index contributed by atoms with van der Waals surface area (Å²) in [6, 6.07) is 0. The fourth-order valence-corrected chi connectivity index (χ4v) is 0. The van der Waals surface area contributed by atoms with E-state index in [2.05, 4.69) is 0 Å². The minimum atomic E-state index is -3.37. The minimum Gasteiger partial charge on any atom is -0.598 e. The summed E-state index contributed by atoms with van der Waals surface area (Å²) in [6.07, 6.45) is 0. The molecule has 6 heavy (non-hydrogen) atoms. The van der Waals surface area contributed by atoms with E-state index in [1.165, 1.54) is 0 Å². The molecule has 0 aliphatic rings. The first-order valence-electron chi connectivity index (χ1n) is 0.548. The number of hydrogen-bond acceptors (Lipinski definition) is 3. The standard InChI is InChI=1S/Li.HO3P.Tl/c;1-4(2)3;/h;(H,1,2,3);/q+1;;+1/p-1. The molecule has 0 saturated heterocycles. The zero-order valence-electron chi connectivity index (χ0n) is 3.25. The van der Waals surface area contributed by atoms with E-state index in [0.29, 0.717) is 0 Å². The van der Waals surface area contributed by atoms with Gasteiger partial charge in [-0.25, -0.2) is 0 Å². The molecule has 0 radical (unpaired) electrons. The molecule has 0 atom stereocenters. The fourth-order valence-electron chi connectivity index (χ4n) is 0. The average molecular weight is 290 g/mol. The van der Waals surface area contributed by atoms with Crippen LogP contribution in [0, 0.1) is 0 Å². The maximum Gasteiger partial charge on any atom is 1.00 e. The first kappa shape index (κ1) is 15.6. The zero-order chi connectivity index (χ0) is 3.58. The topological polar surface area (TPSA) is 63.2 Å². The predicted octanol–water partition coefficient (Wildman–Crippen LogP) is -5.01. The summed E-state index contributed by atoms with van der Waals surface area (Å²) in [7, 11) is -3.37. The molecule has 6 heteroatoms. The summed E-state index contributed by atoms with van der Waals surface area (Å²) >= 11 is 0. The number of rotatable bonds is 0. The van der Waals surface area contributed by atoms with E-state index in [9.17, 15) is 0 Å². The molecule has 0 rings (SSSR count). The Labute approximate surface area is 68.4 Å². The van der Waals surface area contributed by atoms with Crippen molar-refractivity contribution in [3.05, 3.63) is 0 Å². The van der Waals surface area contributed by atoms with Gasteiger partial charge in [0, 0.05) is 0 Å². The van der Waals surface area contributed by atoms with Crippen LogP contribution < -0.4 is 28.6 Å². The van der Waals surface area contributed by atoms with Crippen LogP contribution in [0.25, 0.3) is 0 Å². The summed E-state index contributed by atoms with van der Waals surface area (Å²) in [5.41, 5.74) is 0. The quantitative estimate of drug-likeness (QED) is 0.331. The van der Waals surface area contributed by atoms with Crippen LogP contribution in [-0.4, -0.2) is 27.3 Å². The van der Waals surface area contributed by atoms with Gasteiger partial charge in [0.05, 0.1) is 0 Å². The molecule has 0 spiro atoms. The second kappa shape index (κ2) is 9.74. The second-order valence-electron chi connectivity index (χ2n) is 0.224. The van der Waals surface area contributed by atoms with Gasteiger partial charge in [0.15, 0.2) is 0 Å². The van der Waals surface area contributed by atoms with Gasteiger partial charge in [-0.05, 0) is 0 Å².